The molecule has 8 heteroatoms. The average Bonchev–Trinajstić information content (AvgIpc) is 1.89. The molecule has 0 rings (SSSR count). The minimum Gasteiger partial charge on any atom is -0.549 e. The zero-order valence-electron chi connectivity index (χ0n) is 6.41. The Morgan fingerprint density at radius 3 is 1.08 bits per heavy atom. The Balaban J connectivity index is -0.0000000457. The fourth-order valence-corrected chi connectivity index (χ4v) is 0. The van der Waals surface area contributed by atoms with Crippen molar-refractivity contribution in [2.45, 2.75) is 0 Å². The number of hydrogen-bond acceptors (Lipinski definition) is 6. The summed E-state index contributed by atoms with van der Waals surface area (Å²) in [6.07, 6.45) is 0. The predicted octanol–water partition coefficient (Wildman–Crippen LogP) is -5.44. The number of carboxylic acids is 2. The van der Waals surface area contributed by atoms with Crippen LogP contribution in [-0.2, 0) is 29.1 Å². The molecule has 68 valence electrons. The van der Waals surface area contributed by atoms with Crippen LogP contribution >= 0.6 is 0 Å². The van der Waals surface area contributed by atoms with Crippen LogP contribution in [0.5, 0.6) is 0 Å². The molecule has 0 aromatic carbocycles. The van der Waals surface area contributed by atoms with Crippen molar-refractivity contribution in [3.05, 3.63) is 0 Å². The monoisotopic (exact) mass is 230 g/mol. The Morgan fingerprint density at radius 1 is 1.00 bits per heavy atom. The van der Waals surface area contributed by atoms with Crippen LogP contribution in [0.2, 0.25) is 0 Å². The van der Waals surface area contributed by atoms with Crippen molar-refractivity contribution in [2.75, 3.05) is 13.1 Å². The standard InChI is InChI=1S/2C2H5NO2.H2O.Zn/c2*3-1-2(4)5;;/h2*1,3H2,(H,4,5);1H2;/q;;;+2/p-2. The van der Waals surface area contributed by atoms with Crippen LogP contribution in [-0.4, -0.2) is 30.5 Å². The van der Waals surface area contributed by atoms with E-state index in [2.05, 4.69) is 11.5 Å². The maximum atomic E-state index is 9.13. The zero-order valence-corrected chi connectivity index (χ0v) is 9.38. The van der Waals surface area contributed by atoms with Gasteiger partial charge < -0.3 is 36.7 Å². The van der Waals surface area contributed by atoms with Gasteiger partial charge in [-0.25, -0.2) is 0 Å². The molecule has 0 fully saturated rings. The van der Waals surface area contributed by atoms with E-state index in [9.17, 15) is 0 Å². The Bertz CT molecular complexity index is 106. The van der Waals surface area contributed by atoms with E-state index in [0.717, 1.165) is 0 Å². The summed E-state index contributed by atoms with van der Waals surface area (Å²) in [5, 5.41) is 18.3. The third kappa shape index (κ3) is 56.8. The summed E-state index contributed by atoms with van der Waals surface area (Å²) in [4.78, 5) is 18.3. The Kier molecular flexibility index (Phi) is 31.6. The van der Waals surface area contributed by atoms with E-state index in [-0.39, 0.29) is 38.0 Å². The molecule has 0 bridgehead atoms. The molecular weight excluding hydrogens is 221 g/mol. The van der Waals surface area contributed by atoms with Crippen LogP contribution in [0.25, 0.3) is 0 Å². The van der Waals surface area contributed by atoms with Crippen LogP contribution in [0.3, 0.4) is 0 Å². The molecule has 0 spiro atoms. The summed E-state index contributed by atoms with van der Waals surface area (Å²) in [6.45, 7) is -0.778. The largest absolute Gasteiger partial charge is 2.00 e. The van der Waals surface area contributed by atoms with Gasteiger partial charge >= 0.3 is 19.5 Å². The Labute approximate surface area is 81.8 Å². The van der Waals surface area contributed by atoms with Crippen LogP contribution in [0.1, 0.15) is 0 Å². The first-order chi connectivity index (χ1) is 4.54. The third-order valence-corrected chi connectivity index (χ3v) is 0.333. The predicted molar refractivity (Wildman–Crippen MR) is 31.7 cm³/mol. The maximum Gasteiger partial charge on any atom is 2.00 e. The number of aliphatic carboxylic acids is 2. The molecule has 0 aliphatic heterocycles. The Hall–Kier alpha value is -0.557. The summed E-state index contributed by atoms with van der Waals surface area (Å²) in [7, 11) is 0. The van der Waals surface area contributed by atoms with Crippen molar-refractivity contribution in [3.8, 4) is 0 Å². The second-order valence-corrected chi connectivity index (χ2v) is 1.15. The molecule has 6 N–H and O–H groups in total. The summed E-state index contributed by atoms with van der Waals surface area (Å²) < 4.78 is 0. The molecule has 0 aliphatic rings. The van der Waals surface area contributed by atoms with Crippen molar-refractivity contribution >= 4 is 11.9 Å². The quantitative estimate of drug-likeness (QED) is 0.450. The molecule has 0 radical (unpaired) electrons. The molecule has 0 aromatic rings. The first-order valence-electron chi connectivity index (χ1n) is 2.34. The topological polar surface area (TPSA) is 164 Å². The van der Waals surface area contributed by atoms with Gasteiger partial charge in [0.1, 0.15) is 0 Å². The molecule has 0 atom stereocenters. The van der Waals surface area contributed by atoms with E-state index in [4.69, 9.17) is 19.8 Å². The molecule has 0 saturated heterocycles. The molecule has 7 nitrogen and oxygen atoms in total. The number of hydrogen-bond donors (Lipinski definition) is 2. The van der Waals surface area contributed by atoms with Crippen molar-refractivity contribution in [1.82, 2.24) is 0 Å². The van der Waals surface area contributed by atoms with Gasteiger partial charge in [-0.05, 0) is 0 Å². The molecule has 0 heterocycles. The fraction of sp³-hybridized carbons (Fsp3) is 0.500. The number of carbonyl (C=O) groups is 2. The van der Waals surface area contributed by atoms with Gasteiger partial charge in [0.15, 0.2) is 0 Å². The van der Waals surface area contributed by atoms with Gasteiger partial charge in [0.2, 0.25) is 0 Å². The smallest absolute Gasteiger partial charge is 0.549 e. The van der Waals surface area contributed by atoms with E-state index >= 15 is 0 Å². The minimum absolute atomic E-state index is 0. The van der Waals surface area contributed by atoms with E-state index < -0.39 is 11.9 Å². The van der Waals surface area contributed by atoms with Gasteiger partial charge in [-0.1, -0.05) is 0 Å². The van der Waals surface area contributed by atoms with Gasteiger partial charge in [-0.3, -0.25) is 0 Å². The average molecular weight is 232 g/mol. The summed E-state index contributed by atoms with van der Waals surface area (Å²) in [6, 6.07) is 0. The molecule has 0 unspecified atom stereocenters. The first-order valence-corrected chi connectivity index (χ1v) is 2.34. The minimum atomic E-state index is -1.22. The van der Waals surface area contributed by atoms with Crippen molar-refractivity contribution < 1.29 is 44.8 Å². The SMILES string of the molecule is NCC(=O)[O-].NCC(=O)[O-].O.[Zn+2]. The number of carbonyl (C=O) groups excluding carboxylic acids is 2. The van der Waals surface area contributed by atoms with Crippen molar-refractivity contribution in [2.24, 2.45) is 11.5 Å². The molecule has 0 aromatic heterocycles. The van der Waals surface area contributed by atoms with Gasteiger partial charge in [0, 0.05) is 13.1 Å². The van der Waals surface area contributed by atoms with Crippen LogP contribution in [0.15, 0.2) is 0 Å². The Morgan fingerprint density at radius 2 is 1.08 bits per heavy atom. The van der Waals surface area contributed by atoms with Gasteiger partial charge in [-0.15, -0.1) is 0 Å². The fourth-order valence-electron chi connectivity index (χ4n) is 0. The van der Waals surface area contributed by atoms with Crippen molar-refractivity contribution in [3.63, 3.8) is 0 Å². The summed E-state index contributed by atoms with van der Waals surface area (Å²) >= 11 is 0. The van der Waals surface area contributed by atoms with Crippen LogP contribution in [0.4, 0.5) is 0 Å². The second-order valence-electron chi connectivity index (χ2n) is 1.15. The van der Waals surface area contributed by atoms with Gasteiger partial charge in [0.05, 0.1) is 11.9 Å². The maximum absolute atomic E-state index is 9.13. The second kappa shape index (κ2) is 16.8. The van der Waals surface area contributed by atoms with Crippen molar-refractivity contribution in [1.29, 1.82) is 0 Å². The van der Waals surface area contributed by atoms with Crippen LogP contribution in [0, 0.1) is 0 Å². The normalized spacial score (nSPS) is 6.17. The van der Waals surface area contributed by atoms with Gasteiger partial charge in [0.25, 0.3) is 0 Å². The van der Waals surface area contributed by atoms with Gasteiger partial charge in [-0.2, -0.15) is 0 Å². The van der Waals surface area contributed by atoms with Crippen LogP contribution < -0.4 is 21.7 Å². The van der Waals surface area contributed by atoms with E-state index in [0.29, 0.717) is 0 Å². The first kappa shape index (κ1) is 22.5. The molecule has 0 aliphatic carbocycles. The van der Waals surface area contributed by atoms with E-state index in [1.807, 2.05) is 0 Å². The summed E-state index contributed by atoms with van der Waals surface area (Å²) in [5.41, 5.74) is 9.02. The number of carboxylic acid groups (broad SMARTS) is 2. The molecule has 0 amide bonds. The number of rotatable bonds is 2. The molecule has 0 saturated carbocycles. The number of nitrogens with two attached hydrogens (primary N) is 2. The molecular formula is C4H10N2O5Zn. The van der Waals surface area contributed by atoms with E-state index in [1.54, 1.807) is 0 Å². The third-order valence-electron chi connectivity index (χ3n) is 0.333. The molecule has 12 heavy (non-hydrogen) atoms. The van der Waals surface area contributed by atoms with E-state index in [1.165, 1.54) is 0 Å². The summed E-state index contributed by atoms with van der Waals surface area (Å²) in [5.74, 6) is -2.44. The zero-order chi connectivity index (χ0) is 8.57.